The fourth-order valence-corrected chi connectivity index (χ4v) is 4.55. The van der Waals surface area contributed by atoms with E-state index in [1.54, 1.807) is 4.90 Å². The Morgan fingerprint density at radius 1 is 1.29 bits per heavy atom. The second kappa shape index (κ2) is 10.4. The van der Waals surface area contributed by atoms with Gasteiger partial charge in [0.1, 0.15) is 11.9 Å². The van der Waals surface area contributed by atoms with Gasteiger partial charge in [-0.2, -0.15) is 23.1 Å². The van der Waals surface area contributed by atoms with E-state index in [2.05, 4.69) is 15.3 Å². The molecule has 0 amide bonds. The summed E-state index contributed by atoms with van der Waals surface area (Å²) in [5.41, 5.74) is -1.01. The van der Waals surface area contributed by atoms with Crippen LogP contribution in [0.15, 0.2) is 24.3 Å². The zero-order valence-electron chi connectivity index (χ0n) is 18.9. The van der Waals surface area contributed by atoms with Crippen molar-refractivity contribution in [1.29, 1.82) is 0 Å². The van der Waals surface area contributed by atoms with Crippen LogP contribution in [-0.4, -0.2) is 52.8 Å². The molecule has 2 aliphatic rings. The largest absolute Gasteiger partial charge is 0.490 e. The molecule has 0 unspecified atom stereocenters. The van der Waals surface area contributed by atoms with Crippen molar-refractivity contribution in [2.45, 2.75) is 57.0 Å². The summed E-state index contributed by atoms with van der Waals surface area (Å²) in [6, 6.07) is 4.33. The number of ether oxygens (including phenoxy) is 2. The van der Waals surface area contributed by atoms with Gasteiger partial charge in [-0.05, 0) is 55.6 Å². The average Bonchev–Trinajstić information content (AvgIpc) is 3.30. The molecule has 9 nitrogen and oxygen atoms in total. The maximum atomic E-state index is 12.8. The number of halogens is 4. The topological polar surface area (TPSA) is 103 Å². The quantitative estimate of drug-likeness (QED) is 0.309. The number of nitrogens with zero attached hydrogens (tertiary/aromatic N) is 4. The maximum Gasteiger partial charge on any atom is 0.416 e. The number of piperidine rings is 1. The molecule has 1 aromatic heterocycles. The molecule has 2 aromatic rings. The van der Waals surface area contributed by atoms with Crippen molar-refractivity contribution in [2.75, 3.05) is 29.9 Å². The van der Waals surface area contributed by atoms with E-state index in [4.69, 9.17) is 21.1 Å². The Balaban J connectivity index is 1.47. The molecule has 2 aliphatic heterocycles. The molecule has 0 spiro atoms. The van der Waals surface area contributed by atoms with Gasteiger partial charge in [0, 0.05) is 38.6 Å². The van der Waals surface area contributed by atoms with Crippen LogP contribution in [0.4, 0.5) is 30.5 Å². The van der Waals surface area contributed by atoms with E-state index >= 15 is 0 Å². The van der Waals surface area contributed by atoms with Gasteiger partial charge < -0.3 is 19.7 Å². The molecule has 3 heterocycles. The molecule has 1 N–H and O–H groups in total. The highest BCUT2D eigenvalue weighted by Crippen LogP contribution is 2.38. The molecule has 3 atom stereocenters. The zero-order chi connectivity index (χ0) is 25.2. The second-order valence-electron chi connectivity index (χ2n) is 8.62. The molecule has 0 radical (unpaired) electrons. The fourth-order valence-electron chi connectivity index (χ4n) is 4.39. The molecule has 35 heavy (non-hydrogen) atoms. The summed E-state index contributed by atoms with van der Waals surface area (Å²) in [6.07, 6.45) is -1.97. The summed E-state index contributed by atoms with van der Waals surface area (Å²) in [5, 5.41) is 14.9. The number of anilines is 2. The van der Waals surface area contributed by atoms with Gasteiger partial charge in [-0.1, -0.05) is 0 Å². The number of nitrogens with one attached hydrogen (secondary N) is 1. The summed E-state index contributed by atoms with van der Waals surface area (Å²) >= 11 is 6.12. The number of alkyl halides is 3. The molecule has 190 valence electrons. The molecule has 4 rings (SSSR count). The molecule has 2 saturated heterocycles. The Morgan fingerprint density at radius 3 is 2.63 bits per heavy atom. The van der Waals surface area contributed by atoms with Crippen molar-refractivity contribution in [1.82, 2.24) is 9.97 Å². The van der Waals surface area contributed by atoms with Crippen molar-refractivity contribution in [2.24, 2.45) is 0 Å². The minimum Gasteiger partial charge on any atom is -0.490 e. The van der Waals surface area contributed by atoms with Crippen LogP contribution in [0, 0.1) is 10.1 Å². The van der Waals surface area contributed by atoms with Crippen LogP contribution in [0.2, 0.25) is 5.28 Å². The van der Waals surface area contributed by atoms with Crippen molar-refractivity contribution in [3.8, 4) is 5.75 Å². The Bertz CT molecular complexity index is 1050. The lowest BCUT2D eigenvalue weighted by molar-refractivity contribution is -0.383. The summed E-state index contributed by atoms with van der Waals surface area (Å²) in [6.45, 7) is 3.28. The lowest BCUT2D eigenvalue weighted by Crippen LogP contribution is -2.45. The SMILES string of the molecule is C[C@H]1C[C@@H](Oc2ccc(C(F)(F)F)cc2)CCN1c1nc(Cl)nc(NC[C@@H]2CCCO2)c1[N+](=O)[O-]. The monoisotopic (exact) mass is 515 g/mol. The number of hydrogen-bond acceptors (Lipinski definition) is 8. The summed E-state index contributed by atoms with van der Waals surface area (Å²) in [7, 11) is 0. The molecular formula is C22H25ClF3N5O4. The average molecular weight is 516 g/mol. The van der Waals surface area contributed by atoms with E-state index < -0.39 is 16.7 Å². The Labute approximate surface area is 204 Å². The third kappa shape index (κ3) is 6.04. The van der Waals surface area contributed by atoms with E-state index in [1.807, 2.05) is 6.92 Å². The first-order chi connectivity index (χ1) is 16.6. The van der Waals surface area contributed by atoms with Crippen molar-refractivity contribution >= 4 is 28.9 Å². The number of benzene rings is 1. The smallest absolute Gasteiger partial charge is 0.416 e. The van der Waals surface area contributed by atoms with Gasteiger partial charge in [0.25, 0.3) is 0 Å². The summed E-state index contributed by atoms with van der Waals surface area (Å²) < 4.78 is 49.8. The van der Waals surface area contributed by atoms with E-state index in [0.717, 1.165) is 25.0 Å². The van der Waals surface area contributed by atoms with Crippen LogP contribution in [0.3, 0.4) is 0 Å². The summed E-state index contributed by atoms with van der Waals surface area (Å²) in [5.74, 6) is 0.487. The lowest BCUT2D eigenvalue weighted by Gasteiger charge is -2.38. The predicted octanol–water partition coefficient (Wildman–Crippen LogP) is 5.08. The van der Waals surface area contributed by atoms with Crippen LogP contribution >= 0.6 is 11.6 Å². The minimum absolute atomic E-state index is 0.0378. The lowest BCUT2D eigenvalue weighted by atomic mass is 10.00. The molecule has 0 bridgehead atoms. The maximum absolute atomic E-state index is 12.8. The van der Waals surface area contributed by atoms with Crippen LogP contribution in [0.5, 0.6) is 5.75 Å². The van der Waals surface area contributed by atoms with Crippen molar-refractivity contribution in [3.63, 3.8) is 0 Å². The van der Waals surface area contributed by atoms with Crippen LogP contribution in [-0.2, 0) is 10.9 Å². The number of aromatic nitrogens is 2. The Hall–Kier alpha value is -2.86. The molecule has 0 aliphatic carbocycles. The molecule has 0 saturated carbocycles. The normalized spacial score (nSPS) is 22.8. The van der Waals surface area contributed by atoms with E-state index in [-0.39, 0.29) is 40.9 Å². The fraction of sp³-hybridized carbons (Fsp3) is 0.545. The standard InChI is InChI=1S/C22H25ClF3N5O4/c1-13-11-16(35-15-6-4-14(5-7-15)22(24,25)26)8-9-30(13)20-18(31(32)33)19(28-21(23)29-20)27-12-17-3-2-10-34-17/h4-7,13,16-17H,2-3,8-12H2,1H3,(H,27,28,29)/t13-,16-,17-/m0/s1. The molecule has 2 fully saturated rings. The third-order valence-electron chi connectivity index (χ3n) is 6.13. The van der Waals surface area contributed by atoms with Gasteiger partial charge in [-0.3, -0.25) is 10.1 Å². The number of rotatable bonds is 7. The van der Waals surface area contributed by atoms with Gasteiger partial charge in [-0.25, -0.2) is 0 Å². The van der Waals surface area contributed by atoms with Crippen LogP contribution < -0.4 is 15.0 Å². The van der Waals surface area contributed by atoms with Gasteiger partial charge >= 0.3 is 11.9 Å². The highest BCUT2D eigenvalue weighted by molar-refractivity contribution is 6.28. The van der Waals surface area contributed by atoms with Gasteiger partial charge in [-0.15, -0.1) is 0 Å². The number of nitro groups is 1. The van der Waals surface area contributed by atoms with Crippen LogP contribution in [0.25, 0.3) is 0 Å². The second-order valence-corrected chi connectivity index (χ2v) is 8.95. The highest BCUT2D eigenvalue weighted by atomic mass is 35.5. The Morgan fingerprint density at radius 2 is 2.03 bits per heavy atom. The van der Waals surface area contributed by atoms with Crippen molar-refractivity contribution in [3.05, 3.63) is 45.2 Å². The predicted molar refractivity (Wildman–Crippen MR) is 123 cm³/mol. The minimum atomic E-state index is -4.41. The molecular weight excluding hydrogens is 491 g/mol. The summed E-state index contributed by atoms with van der Waals surface area (Å²) in [4.78, 5) is 21.5. The number of hydrogen-bond donors (Lipinski definition) is 1. The van der Waals surface area contributed by atoms with Crippen molar-refractivity contribution < 1.29 is 27.6 Å². The third-order valence-corrected chi connectivity index (χ3v) is 6.30. The molecule has 13 heteroatoms. The molecule has 1 aromatic carbocycles. The first kappa shape index (κ1) is 25.2. The van der Waals surface area contributed by atoms with E-state index in [0.29, 0.717) is 38.3 Å². The zero-order valence-corrected chi connectivity index (χ0v) is 19.7. The van der Waals surface area contributed by atoms with Gasteiger partial charge in [0.05, 0.1) is 16.6 Å². The van der Waals surface area contributed by atoms with E-state index in [9.17, 15) is 23.3 Å². The highest BCUT2D eigenvalue weighted by Gasteiger charge is 2.35. The first-order valence-corrected chi connectivity index (χ1v) is 11.7. The Kier molecular flexibility index (Phi) is 7.50. The van der Waals surface area contributed by atoms with E-state index in [1.165, 1.54) is 12.1 Å². The van der Waals surface area contributed by atoms with Crippen LogP contribution in [0.1, 0.15) is 38.2 Å². The first-order valence-electron chi connectivity index (χ1n) is 11.3. The van der Waals surface area contributed by atoms with Gasteiger partial charge in [0.2, 0.25) is 16.9 Å². The van der Waals surface area contributed by atoms with Gasteiger partial charge in [0.15, 0.2) is 0 Å².